The number of rotatable bonds is 2. The molecule has 1 aromatic carbocycles. The van der Waals surface area contributed by atoms with Crippen LogP contribution in [0.25, 0.3) is 0 Å². The molecule has 4 rings (SSSR count). The van der Waals surface area contributed by atoms with Gasteiger partial charge >= 0.3 is 0 Å². The Bertz CT molecular complexity index is 729. The SMILES string of the molecule is Cn1cc(Cl)c(C(=O)N2C[C@@H]3CNC[C@@H]3[C@H]2c2ccccc2)n1. The van der Waals surface area contributed by atoms with Crippen LogP contribution in [0.3, 0.4) is 0 Å². The van der Waals surface area contributed by atoms with Gasteiger partial charge in [-0.2, -0.15) is 5.10 Å². The predicted octanol–water partition coefficient (Wildman–Crippen LogP) is 2.11. The second-order valence-electron chi connectivity index (χ2n) is 6.39. The van der Waals surface area contributed by atoms with Crippen molar-refractivity contribution in [1.82, 2.24) is 20.0 Å². The van der Waals surface area contributed by atoms with E-state index in [-0.39, 0.29) is 11.9 Å². The normalized spacial score (nSPS) is 26.5. The lowest BCUT2D eigenvalue weighted by Crippen LogP contribution is -2.35. The first-order valence-electron chi connectivity index (χ1n) is 7.91. The highest BCUT2D eigenvalue weighted by atomic mass is 35.5. The molecule has 3 atom stereocenters. The summed E-state index contributed by atoms with van der Waals surface area (Å²) >= 11 is 6.19. The summed E-state index contributed by atoms with van der Waals surface area (Å²) in [5.41, 5.74) is 1.53. The van der Waals surface area contributed by atoms with Crippen molar-refractivity contribution < 1.29 is 4.79 Å². The summed E-state index contributed by atoms with van der Waals surface area (Å²) in [6.07, 6.45) is 1.67. The molecule has 2 saturated heterocycles. The van der Waals surface area contributed by atoms with Gasteiger partial charge in [0.2, 0.25) is 0 Å². The number of aryl methyl sites for hydroxylation is 1. The summed E-state index contributed by atoms with van der Waals surface area (Å²) < 4.78 is 1.59. The Morgan fingerprint density at radius 3 is 2.78 bits per heavy atom. The monoisotopic (exact) mass is 330 g/mol. The van der Waals surface area contributed by atoms with E-state index in [2.05, 4.69) is 22.5 Å². The van der Waals surface area contributed by atoms with Gasteiger partial charge in [0.15, 0.2) is 5.69 Å². The van der Waals surface area contributed by atoms with Crippen molar-refractivity contribution >= 4 is 17.5 Å². The van der Waals surface area contributed by atoms with Crippen LogP contribution in [0.1, 0.15) is 22.1 Å². The first-order valence-corrected chi connectivity index (χ1v) is 8.28. The van der Waals surface area contributed by atoms with Gasteiger partial charge < -0.3 is 10.2 Å². The zero-order valence-corrected chi connectivity index (χ0v) is 13.7. The van der Waals surface area contributed by atoms with E-state index in [0.717, 1.165) is 19.6 Å². The second kappa shape index (κ2) is 5.65. The van der Waals surface area contributed by atoms with Gasteiger partial charge in [-0.05, 0) is 11.5 Å². The molecule has 2 aliphatic rings. The topological polar surface area (TPSA) is 50.2 Å². The Hall–Kier alpha value is -1.85. The van der Waals surface area contributed by atoms with E-state index in [0.29, 0.717) is 22.6 Å². The Kier molecular flexibility index (Phi) is 3.62. The Balaban J connectivity index is 1.71. The maximum atomic E-state index is 13.0. The average Bonchev–Trinajstić information content (AvgIpc) is 3.21. The molecule has 2 fully saturated rings. The molecule has 120 valence electrons. The van der Waals surface area contributed by atoms with Gasteiger partial charge in [0.25, 0.3) is 5.91 Å². The van der Waals surface area contributed by atoms with Gasteiger partial charge in [0.1, 0.15) is 0 Å². The lowest BCUT2D eigenvalue weighted by atomic mass is 9.89. The minimum Gasteiger partial charge on any atom is -0.329 e. The molecule has 0 aliphatic carbocycles. The van der Waals surface area contributed by atoms with Crippen molar-refractivity contribution in [2.24, 2.45) is 18.9 Å². The van der Waals surface area contributed by atoms with E-state index in [1.807, 2.05) is 23.1 Å². The number of benzene rings is 1. The number of amides is 1. The fraction of sp³-hybridized carbons (Fsp3) is 0.412. The molecule has 6 heteroatoms. The molecular formula is C17H19ClN4O. The van der Waals surface area contributed by atoms with Gasteiger partial charge in [0, 0.05) is 38.8 Å². The molecule has 1 aromatic heterocycles. The average molecular weight is 331 g/mol. The van der Waals surface area contributed by atoms with Gasteiger partial charge in [-0.25, -0.2) is 0 Å². The zero-order valence-electron chi connectivity index (χ0n) is 12.9. The number of carbonyl (C=O) groups excluding carboxylic acids is 1. The van der Waals surface area contributed by atoms with E-state index in [1.165, 1.54) is 5.56 Å². The van der Waals surface area contributed by atoms with Gasteiger partial charge in [-0.3, -0.25) is 9.48 Å². The molecule has 3 heterocycles. The number of likely N-dealkylation sites (tertiary alicyclic amines) is 1. The second-order valence-corrected chi connectivity index (χ2v) is 6.80. The number of carbonyl (C=O) groups is 1. The third-order valence-corrected chi connectivity index (χ3v) is 5.23. The molecule has 1 N–H and O–H groups in total. The van der Waals surface area contributed by atoms with Crippen LogP contribution in [0.2, 0.25) is 5.02 Å². The van der Waals surface area contributed by atoms with Crippen LogP contribution in [-0.4, -0.2) is 40.2 Å². The minimum atomic E-state index is -0.0705. The third kappa shape index (κ3) is 2.44. The van der Waals surface area contributed by atoms with Gasteiger partial charge in [0.05, 0.1) is 11.1 Å². The maximum absolute atomic E-state index is 13.0. The fourth-order valence-corrected chi connectivity index (χ4v) is 4.21. The van der Waals surface area contributed by atoms with E-state index in [1.54, 1.807) is 17.9 Å². The lowest BCUT2D eigenvalue weighted by molar-refractivity contribution is 0.0707. The Morgan fingerprint density at radius 1 is 1.30 bits per heavy atom. The zero-order chi connectivity index (χ0) is 16.0. The molecule has 23 heavy (non-hydrogen) atoms. The number of halogens is 1. The van der Waals surface area contributed by atoms with Crippen LogP contribution >= 0.6 is 11.6 Å². The summed E-state index contributed by atoms with van der Waals surface area (Å²) in [5.74, 6) is 0.870. The molecule has 0 unspecified atom stereocenters. The summed E-state index contributed by atoms with van der Waals surface area (Å²) in [6, 6.07) is 10.4. The van der Waals surface area contributed by atoms with Crippen LogP contribution in [0.4, 0.5) is 0 Å². The van der Waals surface area contributed by atoms with E-state index < -0.39 is 0 Å². The van der Waals surface area contributed by atoms with Crippen molar-refractivity contribution in [2.75, 3.05) is 19.6 Å². The molecule has 0 spiro atoms. The minimum absolute atomic E-state index is 0.0705. The number of nitrogens with one attached hydrogen (secondary N) is 1. The van der Waals surface area contributed by atoms with Crippen LogP contribution in [0.15, 0.2) is 36.5 Å². The van der Waals surface area contributed by atoms with E-state index in [9.17, 15) is 4.79 Å². The Morgan fingerprint density at radius 2 is 2.09 bits per heavy atom. The smallest absolute Gasteiger partial charge is 0.276 e. The number of fused-ring (bicyclic) bond motifs is 1. The van der Waals surface area contributed by atoms with E-state index in [4.69, 9.17) is 11.6 Å². The van der Waals surface area contributed by atoms with Crippen molar-refractivity contribution in [3.63, 3.8) is 0 Å². The highest BCUT2D eigenvalue weighted by Crippen LogP contribution is 2.43. The summed E-state index contributed by atoms with van der Waals surface area (Å²) in [7, 11) is 1.78. The van der Waals surface area contributed by atoms with Crippen LogP contribution in [0, 0.1) is 11.8 Å². The number of nitrogens with zero attached hydrogens (tertiary/aromatic N) is 3. The van der Waals surface area contributed by atoms with Gasteiger partial charge in [-0.15, -0.1) is 0 Å². The predicted molar refractivity (Wildman–Crippen MR) is 88.3 cm³/mol. The van der Waals surface area contributed by atoms with Crippen LogP contribution < -0.4 is 5.32 Å². The molecule has 5 nitrogen and oxygen atoms in total. The van der Waals surface area contributed by atoms with Crippen molar-refractivity contribution in [3.8, 4) is 0 Å². The van der Waals surface area contributed by atoms with Crippen molar-refractivity contribution in [3.05, 3.63) is 52.8 Å². The molecule has 2 aromatic rings. The van der Waals surface area contributed by atoms with Crippen LogP contribution in [-0.2, 0) is 7.05 Å². The number of hydrogen-bond acceptors (Lipinski definition) is 3. The largest absolute Gasteiger partial charge is 0.329 e. The molecule has 0 radical (unpaired) electrons. The Labute approximate surface area is 140 Å². The van der Waals surface area contributed by atoms with Crippen molar-refractivity contribution in [2.45, 2.75) is 6.04 Å². The lowest BCUT2D eigenvalue weighted by Gasteiger charge is -2.28. The third-order valence-electron chi connectivity index (χ3n) is 4.95. The van der Waals surface area contributed by atoms with Gasteiger partial charge in [-0.1, -0.05) is 41.9 Å². The first kappa shape index (κ1) is 14.7. The highest BCUT2D eigenvalue weighted by Gasteiger charge is 2.47. The molecular weight excluding hydrogens is 312 g/mol. The quantitative estimate of drug-likeness (QED) is 0.917. The van der Waals surface area contributed by atoms with E-state index >= 15 is 0 Å². The summed E-state index contributed by atoms with van der Waals surface area (Å²) in [4.78, 5) is 15.0. The molecule has 2 aliphatic heterocycles. The standard InChI is InChI=1S/C17H19ClN4O/c1-21-10-14(18)15(20-21)17(23)22-9-12-7-19-8-13(12)16(22)11-5-3-2-4-6-11/h2-6,10,12-13,16,19H,7-9H2,1H3/t12-,13-,16+/m0/s1. The fourth-order valence-electron chi connectivity index (χ4n) is 3.95. The molecule has 0 saturated carbocycles. The number of hydrogen-bond donors (Lipinski definition) is 1. The van der Waals surface area contributed by atoms with Crippen LogP contribution in [0.5, 0.6) is 0 Å². The summed E-state index contributed by atoms with van der Waals surface area (Å²) in [6.45, 7) is 2.67. The van der Waals surface area contributed by atoms with Crippen molar-refractivity contribution in [1.29, 1.82) is 0 Å². The maximum Gasteiger partial charge on any atom is 0.276 e. The highest BCUT2D eigenvalue weighted by molar-refractivity contribution is 6.33. The molecule has 1 amide bonds. The molecule has 0 bridgehead atoms. The summed E-state index contributed by atoms with van der Waals surface area (Å²) in [5, 5.41) is 8.13. The number of aromatic nitrogens is 2. The first-order chi connectivity index (χ1) is 11.1.